The fourth-order valence-corrected chi connectivity index (χ4v) is 1.54. The average Bonchev–Trinajstić information content (AvgIpc) is 2.48. The van der Waals surface area contributed by atoms with Crippen LogP contribution in [0.4, 0.5) is 0 Å². The van der Waals surface area contributed by atoms with E-state index in [0.717, 1.165) is 30.6 Å². The molecule has 0 heterocycles. The number of nitrogens with zero attached hydrogens (tertiary/aromatic N) is 2. The Labute approximate surface area is 128 Å². The predicted molar refractivity (Wildman–Crippen MR) is 86.8 cm³/mol. The normalized spacial score (nSPS) is 12.2. The van der Waals surface area contributed by atoms with Gasteiger partial charge < -0.3 is 15.0 Å². The van der Waals surface area contributed by atoms with Crippen LogP contribution in [0.25, 0.3) is 0 Å². The van der Waals surface area contributed by atoms with Crippen LogP contribution >= 0.6 is 0 Å². The van der Waals surface area contributed by atoms with Gasteiger partial charge in [0.1, 0.15) is 6.29 Å². The number of aldehydes is 1. The zero-order valence-corrected chi connectivity index (χ0v) is 13.6. The van der Waals surface area contributed by atoms with Crippen LogP contribution < -0.4 is 5.32 Å². The summed E-state index contributed by atoms with van der Waals surface area (Å²) in [5, 5.41) is 2.60. The zero-order chi connectivity index (χ0) is 16.4. The summed E-state index contributed by atoms with van der Waals surface area (Å²) in [5.74, 6) is -0.317. The number of carbonyl (C=O) groups is 2. The fourth-order valence-electron chi connectivity index (χ4n) is 1.54. The van der Waals surface area contributed by atoms with Crippen LogP contribution in [-0.2, 0) is 9.59 Å². The van der Waals surface area contributed by atoms with Crippen molar-refractivity contribution in [2.45, 2.75) is 6.92 Å². The van der Waals surface area contributed by atoms with Gasteiger partial charge in [-0.3, -0.25) is 9.69 Å². The molecule has 0 bridgehead atoms. The molecule has 21 heavy (non-hydrogen) atoms. The van der Waals surface area contributed by atoms with Crippen molar-refractivity contribution in [2.24, 2.45) is 5.92 Å². The predicted octanol–water partition coefficient (Wildman–Crippen LogP) is 1.06. The Balaban J connectivity index is 4.33. The van der Waals surface area contributed by atoms with E-state index in [-0.39, 0.29) is 11.8 Å². The highest BCUT2D eigenvalue weighted by atomic mass is 16.1. The third-order valence-electron chi connectivity index (χ3n) is 3.38. The number of allylic oxidation sites excluding steroid dienone is 2. The van der Waals surface area contributed by atoms with Crippen LogP contribution in [0.15, 0.2) is 36.6 Å². The molecule has 0 saturated carbocycles. The van der Waals surface area contributed by atoms with E-state index < -0.39 is 0 Å². The summed E-state index contributed by atoms with van der Waals surface area (Å²) >= 11 is 0. The first-order valence-electron chi connectivity index (χ1n) is 6.94. The van der Waals surface area contributed by atoms with E-state index >= 15 is 0 Å². The number of hydrogen-bond acceptors (Lipinski definition) is 4. The highest BCUT2D eigenvalue weighted by Gasteiger charge is 2.12. The number of amides is 1. The van der Waals surface area contributed by atoms with Crippen molar-refractivity contribution in [3.63, 3.8) is 0 Å². The summed E-state index contributed by atoms with van der Waals surface area (Å²) in [7, 11) is 5.44. The van der Waals surface area contributed by atoms with Gasteiger partial charge in [0.2, 0.25) is 5.91 Å². The number of nitrogens with one attached hydrogen (secondary N) is 1. The molecule has 0 fully saturated rings. The van der Waals surface area contributed by atoms with Gasteiger partial charge in [0.05, 0.1) is 12.5 Å². The number of hydrogen-bond donors (Lipinski definition) is 1. The molecular weight excluding hydrogens is 266 g/mol. The van der Waals surface area contributed by atoms with Crippen molar-refractivity contribution >= 4 is 12.2 Å². The smallest absolute Gasteiger partial charge is 0.226 e. The minimum Gasteiger partial charge on any atom is -0.374 e. The van der Waals surface area contributed by atoms with E-state index in [2.05, 4.69) is 18.5 Å². The van der Waals surface area contributed by atoms with Gasteiger partial charge in [-0.15, -0.1) is 0 Å². The van der Waals surface area contributed by atoms with E-state index in [1.54, 1.807) is 7.05 Å². The van der Waals surface area contributed by atoms with Crippen molar-refractivity contribution in [1.29, 1.82) is 0 Å². The van der Waals surface area contributed by atoms with Crippen molar-refractivity contribution in [2.75, 3.05) is 40.8 Å². The maximum absolute atomic E-state index is 11.5. The molecule has 5 nitrogen and oxygen atoms in total. The van der Waals surface area contributed by atoms with E-state index in [9.17, 15) is 9.59 Å². The lowest BCUT2D eigenvalue weighted by molar-refractivity contribution is -0.122. The van der Waals surface area contributed by atoms with E-state index in [0.29, 0.717) is 6.54 Å². The minimum absolute atomic E-state index is 0.0564. The van der Waals surface area contributed by atoms with Gasteiger partial charge in [0, 0.05) is 32.9 Å². The first kappa shape index (κ1) is 19.1. The van der Waals surface area contributed by atoms with Gasteiger partial charge in [-0.25, -0.2) is 0 Å². The maximum atomic E-state index is 11.5. The van der Waals surface area contributed by atoms with E-state index in [1.807, 2.05) is 43.0 Å². The summed E-state index contributed by atoms with van der Waals surface area (Å²) in [6, 6.07) is 0. The lowest BCUT2D eigenvalue weighted by atomic mass is 10.0. The average molecular weight is 293 g/mol. The molecule has 0 rings (SSSR count). The molecule has 1 atom stereocenters. The largest absolute Gasteiger partial charge is 0.374 e. The molecule has 0 radical (unpaired) electrons. The summed E-state index contributed by atoms with van der Waals surface area (Å²) in [4.78, 5) is 25.8. The maximum Gasteiger partial charge on any atom is 0.226 e. The van der Waals surface area contributed by atoms with Crippen molar-refractivity contribution in [3.8, 4) is 0 Å². The molecule has 0 saturated heterocycles. The second-order valence-electron chi connectivity index (χ2n) is 5.09. The minimum atomic E-state index is -0.261. The van der Waals surface area contributed by atoms with Gasteiger partial charge in [0.15, 0.2) is 0 Å². The van der Waals surface area contributed by atoms with Crippen LogP contribution in [0.2, 0.25) is 0 Å². The molecule has 0 spiro atoms. The first-order valence-corrected chi connectivity index (χ1v) is 6.94. The van der Waals surface area contributed by atoms with Gasteiger partial charge in [-0.2, -0.15) is 0 Å². The molecule has 0 aliphatic heterocycles. The lowest BCUT2D eigenvalue weighted by Gasteiger charge is -2.22. The number of likely N-dealkylation sites (N-methyl/N-ethyl adjacent to an activating group) is 2. The number of carbonyl (C=O) groups excluding carboxylic acids is 2. The van der Waals surface area contributed by atoms with Crippen LogP contribution in [0, 0.1) is 5.92 Å². The Morgan fingerprint density at radius 1 is 1.24 bits per heavy atom. The van der Waals surface area contributed by atoms with Crippen LogP contribution in [-0.4, -0.2) is 62.8 Å². The van der Waals surface area contributed by atoms with Crippen LogP contribution in [0.5, 0.6) is 0 Å². The molecule has 1 unspecified atom stereocenters. The highest BCUT2D eigenvalue weighted by molar-refractivity contribution is 5.81. The molecule has 0 aliphatic rings. The Hall–Kier alpha value is -1.88. The topological polar surface area (TPSA) is 52.7 Å². The quantitative estimate of drug-likeness (QED) is 0.483. The molecular formula is C16H27N3O2. The molecule has 1 amide bonds. The number of rotatable bonds is 10. The van der Waals surface area contributed by atoms with Crippen LogP contribution in [0.1, 0.15) is 6.92 Å². The zero-order valence-electron chi connectivity index (χ0n) is 13.6. The monoisotopic (exact) mass is 293 g/mol. The third-order valence-corrected chi connectivity index (χ3v) is 3.38. The Kier molecular flexibility index (Phi) is 9.05. The lowest BCUT2D eigenvalue weighted by Crippen LogP contribution is -2.31. The molecule has 1 N–H and O–H groups in total. The second-order valence-corrected chi connectivity index (χ2v) is 5.09. The van der Waals surface area contributed by atoms with E-state index in [4.69, 9.17) is 0 Å². The summed E-state index contributed by atoms with van der Waals surface area (Å²) in [6.45, 7) is 11.7. The van der Waals surface area contributed by atoms with Crippen LogP contribution in [0.3, 0.4) is 0 Å². The van der Waals surface area contributed by atoms with Gasteiger partial charge >= 0.3 is 0 Å². The molecule has 118 valence electrons. The third kappa shape index (κ3) is 7.46. The van der Waals surface area contributed by atoms with Gasteiger partial charge in [-0.1, -0.05) is 19.2 Å². The van der Waals surface area contributed by atoms with Crippen molar-refractivity contribution in [3.05, 3.63) is 36.6 Å². The first-order chi connectivity index (χ1) is 9.83. The van der Waals surface area contributed by atoms with Crippen molar-refractivity contribution in [1.82, 2.24) is 15.1 Å². The standard InChI is InChI=1S/C16H27N3O2/c1-13(15(3)16(21)17-4)7-8-14(2)19(6)10-9-18(5)11-12-20/h7-8,12,15H,1-2,9-11H2,3-6H3,(H,17,21)/b8-7-. The Bertz CT molecular complexity index is 416. The van der Waals surface area contributed by atoms with Gasteiger partial charge in [-0.05, 0) is 25.6 Å². The summed E-state index contributed by atoms with van der Waals surface area (Å²) in [5.41, 5.74) is 1.57. The SMILES string of the molecule is C=C(/C=C\C(=C)N(C)CCN(C)CC=O)C(C)C(=O)NC. The van der Waals surface area contributed by atoms with E-state index in [1.165, 1.54) is 0 Å². The second kappa shape index (κ2) is 9.94. The molecule has 0 aromatic heterocycles. The summed E-state index contributed by atoms with van der Waals surface area (Å²) in [6.07, 6.45) is 4.55. The Morgan fingerprint density at radius 2 is 1.86 bits per heavy atom. The fraction of sp³-hybridized carbons (Fsp3) is 0.500. The Morgan fingerprint density at radius 3 is 2.38 bits per heavy atom. The summed E-state index contributed by atoms with van der Waals surface area (Å²) < 4.78 is 0. The molecule has 5 heteroatoms. The molecule has 0 aromatic carbocycles. The van der Waals surface area contributed by atoms with Crippen molar-refractivity contribution < 1.29 is 9.59 Å². The molecule has 0 aliphatic carbocycles. The van der Waals surface area contributed by atoms with Gasteiger partial charge in [0.25, 0.3) is 0 Å². The molecule has 0 aromatic rings. The highest BCUT2D eigenvalue weighted by Crippen LogP contribution is 2.11.